The number of aliphatic hydroxyl groups excluding tert-OH is 1. The molecule has 0 amide bonds. The molecule has 0 saturated heterocycles. The second kappa shape index (κ2) is 5.25. The van der Waals surface area contributed by atoms with Crippen LogP contribution in [0.15, 0.2) is 0 Å². The van der Waals surface area contributed by atoms with Crippen molar-refractivity contribution in [1.29, 1.82) is 0 Å². The molecular weight excluding hydrogens is 326 g/mol. The number of aliphatic hydroxyl groups is 2. The van der Waals surface area contributed by atoms with E-state index in [0.29, 0.717) is 19.3 Å². The molecule has 4 rings (SSSR count). The van der Waals surface area contributed by atoms with Crippen LogP contribution in [0.5, 0.6) is 0 Å². The van der Waals surface area contributed by atoms with E-state index in [-0.39, 0.29) is 24.7 Å². The van der Waals surface area contributed by atoms with Crippen molar-refractivity contribution in [2.24, 2.45) is 11.8 Å². The molecule has 0 aromatic rings. The molecule has 5 unspecified atom stereocenters. The van der Waals surface area contributed by atoms with Crippen LogP contribution in [0.3, 0.4) is 0 Å². The van der Waals surface area contributed by atoms with Crippen molar-refractivity contribution in [1.82, 2.24) is 0 Å². The molecule has 0 aromatic heterocycles. The van der Waals surface area contributed by atoms with Crippen LogP contribution in [0.2, 0.25) is 0 Å². The van der Waals surface area contributed by atoms with Gasteiger partial charge >= 0.3 is 11.2 Å². The predicted octanol–water partition coefficient (Wildman–Crippen LogP) is 0.0486. The van der Waals surface area contributed by atoms with Crippen LogP contribution in [0.25, 0.3) is 0 Å². The number of carbonyl (C=O) groups is 1. The molecule has 4 bridgehead atoms. The van der Waals surface area contributed by atoms with Crippen LogP contribution < -0.4 is 5.26 Å². The summed E-state index contributed by atoms with van der Waals surface area (Å²) >= 11 is -0.739. The zero-order valence-corrected chi connectivity index (χ0v) is 12.2. The fourth-order valence-corrected chi connectivity index (χ4v) is 4.71. The normalized spacial score (nSPS) is 43.4. The molecular formula is C12H15F2O7S-. The lowest BCUT2D eigenvalue weighted by atomic mass is 9.51. The van der Waals surface area contributed by atoms with E-state index in [1.165, 1.54) is 0 Å². The minimum absolute atomic E-state index is 0.0243. The maximum Gasteiger partial charge on any atom is 0.415 e. The van der Waals surface area contributed by atoms with Gasteiger partial charge in [-0.15, -0.1) is 0 Å². The van der Waals surface area contributed by atoms with Gasteiger partial charge in [0.2, 0.25) is 0 Å². The Morgan fingerprint density at radius 3 is 2.73 bits per heavy atom. The maximum absolute atomic E-state index is 13.5. The Bertz CT molecular complexity index is 478. The fraction of sp³-hybridized carbons (Fsp3) is 0.917. The third-order valence-corrected chi connectivity index (χ3v) is 5.41. The lowest BCUT2D eigenvalue weighted by molar-refractivity contribution is -0.777. The summed E-state index contributed by atoms with van der Waals surface area (Å²) in [5.41, 5.74) is -2.61. The monoisotopic (exact) mass is 341 g/mol. The summed E-state index contributed by atoms with van der Waals surface area (Å²) in [5, 5.41) is 28.9. The van der Waals surface area contributed by atoms with Crippen molar-refractivity contribution >= 4 is 18.0 Å². The number of esters is 1. The van der Waals surface area contributed by atoms with Crippen LogP contribution in [-0.4, -0.2) is 38.7 Å². The van der Waals surface area contributed by atoms with E-state index >= 15 is 0 Å². The molecule has 0 heterocycles. The van der Waals surface area contributed by atoms with E-state index in [1.54, 1.807) is 0 Å². The van der Waals surface area contributed by atoms with Gasteiger partial charge in [0.15, 0.2) is 0 Å². The molecule has 0 radical (unpaired) electrons. The Kier molecular flexibility index (Phi) is 3.90. The van der Waals surface area contributed by atoms with Crippen LogP contribution in [0.4, 0.5) is 8.78 Å². The lowest BCUT2D eigenvalue weighted by Crippen LogP contribution is -2.67. The van der Waals surface area contributed by atoms with Gasteiger partial charge < -0.3 is 20.2 Å². The van der Waals surface area contributed by atoms with Gasteiger partial charge in [-0.05, 0) is 37.5 Å². The molecule has 126 valence electrons. The van der Waals surface area contributed by atoms with Crippen LogP contribution in [0, 0.1) is 11.8 Å². The Balaban J connectivity index is 1.74. The van der Waals surface area contributed by atoms with E-state index in [4.69, 9.17) is 4.74 Å². The summed E-state index contributed by atoms with van der Waals surface area (Å²) in [5.74, 6) is -2.10. The molecule has 4 aliphatic carbocycles. The minimum atomic E-state index is -4.10. The first kappa shape index (κ1) is 16.3. The van der Waals surface area contributed by atoms with E-state index in [0.717, 1.165) is 0 Å². The Morgan fingerprint density at radius 2 is 2.09 bits per heavy atom. The zero-order valence-electron chi connectivity index (χ0n) is 11.4. The van der Waals surface area contributed by atoms with Gasteiger partial charge in [0.25, 0.3) is 0 Å². The van der Waals surface area contributed by atoms with Crippen molar-refractivity contribution < 1.29 is 43.2 Å². The number of alkyl halides is 2. The van der Waals surface area contributed by atoms with Crippen LogP contribution in [-0.2, 0) is 18.9 Å². The first-order valence-electron chi connectivity index (χ1n) is 6.86. The highest BCUT2D eigenvalue weighted by atomic mass is 32.2. The van der Waals surface area contributed by atoms with Crippen molar-refractivity contribution in [2.75, 3.05) is 0 Å². The third-order valence-electron chi connectivity index (χ3n) is 4.91. The SMILES string of the molecule is O=C(OC12CC3CC(C1)C(O)C(O)(C3)C2)C(F)(F)SOO[O-]. The fourth-order valence-electron chi connectivity index (χ4n) is 4.48. The van der Waals surface area contributed by atoms with Crippen molar-refractivity contribution in [3.05, 3.63) is 0 Å². The highest BCUT2D eigenvalue weighted by molar-refractivity contribution is 7.96. The first-order valence-corrected chi connectivity index (χ1v) is 7.60. The smallest absolute Gasteiger partial charge is 0.415 e. The molecule has 4 saturated carbocycles. The summed E-state index contributed by atoms with van der Waals surface area (Å²) in [6, 6.07) is 0. The molecule has 10 heteroatoms. The molecule has 7 nitrogen and oxygen atoms in total. The Hall–Kier alpha value is -0.520. The van der Waals surface area contributed by atoms with Crippen LogP contribution in [0.1, 0.15) is 32.1 Å². The number of hydrogen-bond acceptors (Lipinski definition) is 8. The van der Waals surface area contributed by atoms with Gasteiger partial charge in [-0.2, -0.15) is 13.1 Å². The zero-order chi connectivity index (χ0) is 16.2. The Morgan fingerprint density at radius 1 is 1.36 bits per heavy atom. The van der Waals surface area contributed by atoms with Crippen LogP contribution >= 0.6 is 12.0 Å². The summed E-state index contributed by atoms with van der Waals surface area (Å²) < 4.78 is 35.5. The van der Waals surface area contributed by atoms with Gasteiger partial charge in [-0.1, -0.05) is 0 Å². The molecule has 5 atom stereocenters. The highest BCUT2D eigenvalue weighted by Crippen LogP contribution is 2.59. The minimum Gasteiger partial charge on any atom is -0.691 e. The van der Waals surface area contributed by atoms with Crippen molar-refractivity contribution in [2.45, 2.75) is 54.7 Å². The van der Waals surface area contributed by atoms with E-state index in [1.807, 2.05) is 0 Å². The molecule has 0 aromatic carbocycles. The van der Waals surface area contributed by atoms with Gasteiger partial charge in [0.1, 0.15) is 17.6 Å². The topological polar surface area (TPSA) is 108 Å². The molecule has 4 fully saturated rings. The largest absolute Gasteiger partial charge is 0.691 e. The summed E-state index contributed by atoms with van der Waals surface area (Å²) in [4.78, 5) is 11.7. The lowest BCUT2D eigenvalue weighted by Gasteiger charge is -2.61. The quantitative estimate of drug-likeness (QED) is 0.312. The number of ether oxygens (including phenoxy) is 1. The highest BCUT2D eigenvalue weighted by Gasteiger charge is 2.64. The molecule has 0 aliphatic heterocycles. The van der Waals surface area contributed by atoms with Crippen molar-refractivity contribution in [3.63, 3.8) is 0 Å². The summed E-state index contributed by atoms with van der Waals surface area (Å²) in [6.07, 6.45) is 0.675. The molecule has 2 N–H and O–H groups in total. The van der Waals surface area contributed by atoms with E-state index < -0.39 is 40.6 Å². The number of hydrogen-bond donors (Lipinski definition) is 2. The predicted molar refractivity (Wildman–Crippen MR) is 64.6 cm³/mol. The number of carbonyl (C=O) groups excluding carboxylic acids is 1. The van der Waals surface area contributed by atoms with Crippen molar-refractivity contribution in [3.8, 4) is 0 Å². The molecule has 0 spiro atoms. The number of rotatable bonds is 5. The van der Waals surface area contributed by atoms with E-state index in [2.05, 4.69) is 9.37 Å². The standard InChI is InChI=1S/C12H16F2O7S/c13-12(14,22-21-20-18)9(16)19-10-2-6-1-7(4-10)8(15)11(17,3-6)5-10/h6-8,15,17-18H,1-5H2/p-1. The average Bonchev–Trinajstić information content (AvgIpc) is 2.41. The number of halogens is 2. The average molecular weight is 341 g/mol. The second-order valence-electron chi connectivity index (χ2n) is 6.51. The summed E-state index contributed by atoms with van der Waals surface area (Å²) in [6.45, 7) is 0. The van der Waals surface area contributed by atoms with Gasteiger partial charge in [0, 0.05) is 6.42 Å². The third kappa shape index (κ3) is 2.61. The van der Waals surface area contributed by atoms with Gasteiger partial charge in [-0.25, -0.2) is 4.79 Å². The second-order valence-corrected chi connectivity index (χ2v) is 7.32. The van der Waals surface area contributed by atoms with E-state index in [9.17, 15) is 29.0 Å². The van der Waals surface area contributed by atoms with Gasteiger partial charge in [0.05, 0.1) is 11.7 Å². The molecule has 4 aliphatic rings. The summed E-state index contributed by atoms with van der Waals surface area (Å²) in [7, 11) is 0. The Labute approximate surface area is 128 Å². The molecule has 22 heavy (non-hydrogen) atoms. The first-order chi connectivity index (χ1) is 10.2. The van der Waals surface area contributed by atoms with Gasteiger partial charge in [-0.3, -0.25) is 5.04 Å². The maximum atomic E-state index is 13.5.